The van der Waals surface area contributed by atoms with Crippen molar-refractivity contribution in [2.75, 3.05) is 10.6 Å². The highest BCUT2D eigenvalue weighted by molar-refractivity contribution is 6.18. The number of fused-ring (bicyclic) bond motifs is 1. The summed E-state index contributed by atoms with van der Waals surface area (Å²) in [7, 11) is 0. The zero-order valence-electron chi connectivity index (χ0n) is 19.0. The van der Waals surface area contributed by atoms with Crippen molar-refractivity contribution in [3.05, 3.63) is 41.7 Å². The summed E-state index contributed by atoms with van der Waals surface area (Å²) in [5.41, 5.74) is 0.375. The van der Waals surface area contributed by atoms with Crippen LogP contribution in [0.2, 0.25) is 0 Å². The van der Waals surface area contributed by atoms with E-state index in [0.717, 1.165) is 19.3 Å². The number of hydrogen-bond acceptors (Lipinski definition) is 7. The third kappa shape index (κ3) is 4.95. The van der Waals surface area contributed by atoms with Gasteiger partial charge in [0.05, 0.1) is 28.7 Å². The predicted molar refractivity (Wildman–Crippen MR) is 124 cm³/mol. The molecule has 8 nitrogen and oxygen atoms in total. The first kappa shape index (κ1) is 23.5. The third-order valence-corrected chi connectivity index (χ3v) is 6.93. The Balaban J connectivity index is 1.37. The van der Waals surface area contributed by atoms with Gasteiger partial charge < -0.3 is 20.7 Å². The number of aromatic amines is 1. The molecule has 35 heavy (non-hydrogen) atoms. The van der Waals surface area contributed by atoms with E-state index in [1.807, 2.05) is 0 Å². The van der Waals surface area contributed by atoms with Gasteiger partial charge in [-0.3, -0.25) is 4.79 Å². The zero-order chi connectivity index (χ0) is 24.6. The van der Waals surface area contributed by atoms with E-state index in [9.17, 15) is 23.1 Å². The summed E-state index contributed by atoms with van der Waals surface area (Å²) >= 11 is 0. The molecule has 186 valence electrons. The van der Waals surface area contributed by atoms with Crippen LogP contribution in [-0.4, -0.2) is 54.9 Å². The Morgan fingerprint density at radius 2 is 1.83 bits per heavy atom. The Hall–Kier alpha value is -3.21. The van der Waals surface area contributed by atoms with Crippen molar-refractivity contribution in [1.82, 2.24) is 19.9 Å². The summed E-state index contributed by atoms with van der Waals surface area (Å²) in [5, 5.41) is 17.0. The van der Waals surface area contributed by atoms with Crippen LogP contribution >= 0.6 is 0 Å². The second-order valence-corrected chi connectivity index (χ2v) is 9.39. The number of alkyl halides is 2. The number of carbonyl (C=O) groups excluding carboxylic acids is 1. The molecule has 0 amide bonds. The van der Waals surface area contributed by atoms with Gasteiger partial charge in [0.2, 0.25) is 11.9 Å². The van der Waals surface area contributed by atoms with Crippen LogP contribution < -0.4 is 10.6 Å². The second kappa shape index (κ2) is 9.44. The molecule has 0 bridgehead atoms. The summed E-state index contributed by atoms with van der Waals surface area (Å²) in [4.78, 5) is 28.5. The van der Waals surface area contributed by atoms with Crippen molar-refractivity contribution in [2.45, 2.75) is 75.5 Å². The number of anilines is 2. The fraction of sp³-hybridized carbons (Fsp3) is 0.500. The molecule has 0 aromatic carbocycles. The van der Waals surface area contributed by atoms with Gasteiger partial charge in [-0.1, -0.05) is 12.8 Å². The van der Waals surface area contributed by atoms with Gasteiger partial charge in [0.25, 0.3) is 0 Å². The average molecular weight is 489 g/mol. The first-order valence-corrected chi connectivity index (χ1v) is 11.9. The van der Waals surface area contributed by atoms with Crippen LogP contribution in [0.25, 0.3) is 11.0 Å². The number of pyridine rings is 1. The fourth-order valence-electron chi connectivity index (χ4n) is 4.93. The van der Waals surface area contributed by atoms with E-state index in [0.29, 0.717) is 23.3 Å². The maximum absolute atomic E-state index is 14.9. The Morgan fingerprint density at radius 3 is 2.57 bits per heavy atom. The van der Waals surface area contributed by atoms with E-state index in [2.05, 4.69) is 30.6 Å². The minimum absolute atomic E-state index is 0.185. The van der Waals surface area contributed by atoms with Crippen molar-refractivity contribution >= 4 is 28.5 Å². The van der Waals surface area contributed by atoms with Crippen LogP contribution in [-0.2, 0) is 0 Å². The summed E-state index contributed by atoms with van der Waals surface area (Å²) in [6.45, 7) is 0. The minimum atomic E-state index is -2.65. The van der Waals surface area contributed by atoms with E-state index < -0.39 is 23.8 Å². The van der Waals surface area contributed by atoms with E-state index in [-0.39, 0.29) is 54.7 Å². The Bertz CT molecular complexity index is 1220. The van der Waals surface area contributed by atoms with Gasteiger partial charge in [0, 0.05) is 25.1 Å². The molecule has 0 radical (unpaired) electrons. The number of aliphatic hydroxyl groups is 1. The number of rotatable bonds is 6. The number of aromatic nitrogens is 4. The van der Waals surface area contributed by atoms with Gasteiger partial charge in [-0.25, -0.2) is 23.7 Å². The Morgan fingerprint density at radius 1 is 1.06 bits per heavy atom. The van der Waals surface area contributed by atoms with Crippen molar-refractivity contribution in [3.63, 3.8) is 0 Å². The van der Waals surface area contributed by atoms with Crippen LogP contribution in [0.1, 0.15) is 67.3 Å². The predicted octanol–water partition coefficient (Wildman–Crippen LogP) is 4.43. The highest BCUT2D eigenvalue weighted by atomic mass is 19.3. The highest BCUT2D eigenvalue weighted by Gasteiger charge is 2.35. The van der Waals surface area contributed by atoms with Crippen molar-refractivity contribution in [3.8, 4) is 0 Å². The molecule has 2 fully saturated rings. The number of H-pyrrole nitrogens is 1. The largest absolute Gasteiger partial charge is 0.391 e. The Labute approximate surface area is 199 Å². The minimum Gasteiger partial charge on any atom is -0.391 e. The number of carbonyl (C=O) groups is 1. The SMILES string of the molecule is O=C(c1ccc(NC2CCC(F)(F)CC2)nc1F)c1c[nH]c2ncnc(NC3CCCCC3O)c12. The molecule has 2 aliphatic carbocycles. The first-order valence-electron chi connectivity index (χ1n) is 11.9. The number of nitrogens with one attached hydrogen (secondary N) is 3. The van der Waals surface area contributed by atoms with Crippen molar-refractivity contribution in [2.24, 2.45) is 0 Å². The molecule has 4 N–H and O–H groups in total. The molecule has 2 aliphatic rings. The third-order valence-electron chi connectivity index (χ3n) is 6.93. The van der Waals surface area contributed by atoms with Gasteiger partial charge in [-0.2, -0.15) is 4.39 Å². The van der Waals surface area contributed by atoms with E-state index in [4.69, 9.17) is 0 Å². The smallest absolute Gasteiger partial charge is 0.248 e. The maximum Gasteiger partial charge on any atom is 0.248 e. The second-order valence-electron chi connectivity index (χ2n) is 9.39. The number of ketones is 1. The van der Waals surface area contributed by atoms with Crippen molar-refractivity contribution < 1.29 is 23.1 Å². The molecule has 0 saturated heterocycles. The number of halogens is 3. The lowest BCUT2D eigenvalue weighted by Crippen LogP contribution is -2.36. The van der Waals surface area contributed by atoms with Gasteiger partial charge in [-0.15, -0.1) is 0 Å². The summed E-state index contributed by atoms with van der Waals surface area (Å²) in [6, 6.07) is 2.39. The molecule has 0 aliphatic heterocycles. The number of nitrogens with zero attached hydrogens (tertiary/aromatic N) is 3. The average Bonchev–Trinajstić information content (AvgIpc) is 3.27. The molecule has 11 heteroatoms. The first-order chi connectivity index (χ1) is 16.8. The van der Waals surface area contributed by atoms with Gasteiger partial charge >= 0.3 is 0 Å². The fourth-order valence-corrected chi connectivity index (χ4v) is 4.93. The van der Waals surface area contributed by atoms with E-state index in [1.165, 1.54) is 24.7 Å². The molecule has 3 aromatic heterocycles. The van der Waals surface area contributed by atoms with Crippen LogP contribution in [0.5, 0.6) is 0 Å². The van der Waals surface area contributed by atoms with Crippen LogP contribution in [0, 0.1) is 5.95 Å². The Kier molecular flexibility index (Phi) is 6.35. The lowest BCUT2D eigenvalue weighted by molar-refractivity contribution is -0.0361. The van der Waals surface area contributed by atoms with E-state index >= 15 is 0 Å². The monoisotopic (exact) mass is 488 g/mol. The molecular weight excluding hydrogens is 461 g/mol. The highest BCUT2D eigenvalue weighted by Crippen LogP contribution is 2.34. The molecule has 2 saturated carbocycles. The van der Waals surface area contributed by atoms with Gasteiger partial charge in [-0.05, 0) is 37.8 Å². The lowest BCUT2D eigenvalue weighted by Gasteiger charge is -2.29. The van der Waals surface area contributed by atoms with Crippen LogP contribution in [0.4, 0.5) is 24.8 Å². The van der Waals surface area contributed by atoms with Crippen molar-refractivity contribution in [1.29, 1.82) is 0 Å². The summed E-state index contributed by atoms with van der Waals surface area (Å²) < 4.78 is 41.7. The topological polar surface area (TPSA) is 116 Å². The lowest BCUT2D eigenvalue weighted by atomic mass is 9.92. The molecular formula is C24H27F3N6O2. The van der Waals surface area contributed by atoms with Gasteiger partial charge in [0.1, 0.15) is 23.6 Å². The molecule has 0 spiro atoms. The summed E-state index contributed by atoms with van der Waals surface area (Å²) in [5.74, 6) is -3.60. The van der Waals surface area contributed by atoms with E-state index in [1.54, 1.807) is 0 Å². The molecule has 3 aromatic rings. The molecule has 5 rings (SSSR count). The molecule has 3 heterocycles. The zero-order valence-corrected chi connectivity index (χ0v) is 19.0. The molecule has 2 unspecified atom stereocenters. The molecule has 2 atom stereocenters. The standard InChI is InChI=1S/C24H27F3N6O2/c25-21-14(5-6-18(33-21)31-13-7-9-24(26,27)10-8-13)20(35)15-11-28-22-19(15)23(30-12-29-22)32-16-3-1-2-4-17(16)34/h5-6,11-13,16-17,34H,1-4,7-10H2,(H,31,33)(H2,28,29,30,32). The van der Waals surface area contributed by atoms with Crippen LogP contribution in [0.3, 0.4) is 0 Å². The number of hydrogen-bond donors (Lipinski definition) is 4. The quantitative estimate of drug-likeness (QED) is 0.300. The summed E-state index contributed by atoms with van der Waals surface area (Å²) in [6.07, 6.45) is 5.75. The van der Waals surface area contributed by atoms with Gasteiger partial charge in [0.15, 0.2) is 5.78 Å². The number of aliphatic hydroxyl groups excluding tert-OH is 1. The normalized spacial score (nSPS) is 22.7. The maximum atomic E-state index is 14.9. The van der Waals surface area contributed by atoms with Crippen LogP contribution in [0.15, 0.2) is 24.7 Å².